The Morgan fingerprint density at radius 1 is 1.40 bits per heavy atom. The van der Waals surface area contributed by atoms with Crippen molar-refractivity contribution in [3.05, 3.63) is 41.7 Å². The molecule has 25 heavy (non-hydrogen) atoms. The van der Waals surface area contributed by atoms with E-state index in [0.29, 0.717) is 17.2 Å². The second-order valence-corrected chi connectivity index (χ2v) is 7.20. The number of carbonyl (C=O) groups excluding carboxylic acids is 1. The summed E-state index contributed by atoms with van der Waals surface area (Å²) in [4.78, 5) is 20.3. The van der Waals surface area contributed by atoms with Crippen molar-refractivity contribution in [1.29, 1.82) is 0 Å². The molecule has 0 spiro atoms. The van der Waals surface area contributed by atoms with E-state index in [1.54, 1.807) is 12.3 Å². The van der Waals surface area contributed by atoms with Crippen LogP contribution in [0.15, 0.2) is 30.5 Å². The molecule has 0 saturated heterocycles. The lowest BCUT2D eigenvalue weighted by molar-refractivity contribution is -0.117. The smallest absolute Gasteiger partial charge is 0.232 e. The van der Waals surface area contributed by atoms with Gasteiger partial charge in [-0.15, -0.1) is 0 Å². The summed E-state index contributed by atoms with van der Waals surface area (Å²) in [5.41, 5.74) is 4.01. The maximum Gasteiger partial charge on any atom is 0.232 e. The number of nitrogens with zero attached hydrogens (tertiary/aromatic N) is 2. The van der Waals surface area contributed by atoms with Gasteiger partial charge >= 0.3 is 0 Å². The number of anilines is 1. The predicted octanol–water partition coefficient (Wildman–Crippen LogP) is 4.43. The zero-order chi connectivity index (χ0) is 17.6. The van der Waals surface area contributed by atoms with Crippen LogP contribution in [0.2, 0.25) is 0 Å². The lowest BCUT2D eigenvalue weighted by atomic mass is 10.0. The quantitative estimate of drug-likeness (QED) is 0.750. The highest BCUT2D eigenvalue weighted by atomic mass is 32.1. The zero-order valence-electron chi connectivity index (χ0n) is 13.4. The molecule has 4 rings (SSSR count). The van der Waals surface area contributed by atoms with E-state index in [2.05, 4.69) is 15.3 Å². The van der Waals surface area contributed by atoms with E-state index in [-0.39, 0.29) is 5.91 Å². The Hall–Kier alpha value is -2.41. The van der Waals surface area contributed by atoms with Crippen molar-refractivity contribution >= 4 is 32.6 Å². The van der Waals surface area contributed by atoms with Crippen LogP contribution in [0.25, 0.3) is 21.3 Å². The number of fused-ring (bicyclic) bond motifs is 1. The van der Waals surface area contributed by atoms with Gasteiger partial charge in [-0.05, 0) is 42.7 Å². The van der Waals surface area contributed by atoms with E-state index in [1.165, 1.54) is 11.3 Å². The first-order valence-electron chi connectivity index (χ1n) is 7.92. The van der Waals surface area contributed by atoms with Gasteiger partial charge in [0.1, 0.15) is 12.8 Å². The number of carbonyl (C=O) groups is 1. The first-order chi connectivity index (χ1) is 12.0. The van der Waals surface area contributed by atoms with Crippen LogP contribution < -0.4 is 5.32 Å². The summed E-state index contributed by atoms with van der Waals surface area (Å²) in [6.45, 7) is 1.33. The fourth-order valence-corrected chi connectivity index (χ4v) is 3.68. The van der Waals surface area contributed by atoms with Crippen LogP contribution in [0.1, 0.15) is 17.7 Å². The number of aryl methyl sites for hydroxylation is 1. The van der Waals surface area contributed by atoms with Gasteiger partial charge in [0.15, 0.2) is 5.13 Å². The number of rotatable bonds is 4. The number of benzene rings is 1. The Labute approximate surface area is 146 Å². The van der Waals surface area contributed by atoms with Crippen LogP contribution in [0.5, 0.6) is 0 Å². The summed E-state index contributed by atoms with van der Waals surface area (Å²) in [6, 6.07) is 7.50. The SMILES string of the molecule is Cc1cc(CF)ncc1-c1ccc2nc(NC(=O)[C@@H]3C[C@@H]3F)sc2c1. The van der Waals surface area contributed by atoms with Gasteiger partial charge in [-0.1, -0.05) is 17.4 Å². The summed E-state index contributed by atoms with van der Waals surface area (Å²) in [5, 5.41) is 3.16. The number of thiazole rings is 1. The Balaban J connectivity index is 1.63. The highest BCUT2D eigenvalue weighted by molar-refractivity contribution is 7.22. The average molecular weight is 359 g/mol. The van der Waals surface area contributed by atoms with Gasteiger partial charge in [0, 0.05) is 11.8 Å². The third-order valence-corrected chi connectivity index (χ3v) is 5.22. The first-order valence-corrected chi connectivity index (χ1v) is 8.74. The molecule has 128 valence electrons. The van der Waals surface area contributed by atoms with Crippen LogP contribution >= 0.6 is 11.3 Å². The third-order valence-electron chi connectivity index (χ3n) is 4.28. The predicted molar refractivity (Wildman–Crippen MR) is 94.0 cm³/mol. The number of amides is 1. The van der Waals surface area contributed by atoms with Gasteiger partial charge in [0.25, 0.3) is 0 Å². The lowest BCUT2D eigenvalue weighted by Gasteiger charge is -2.06. The van der Waals surface area contributed by atoms with Crippen molar-refractivity contribution in [2.24, 2.45) is 5.92 Å². The Bertz CT molecular complexity index is 972. The molecule has 2 aromatic heterocycles. The molecule has 1 aromatic carbocycles. The molecule has 1 fully saturated rings. The molecule has 1 N–H and O–H groups in total. The summed E-state index contributed by atoms with van der Waals surface area (Å²) in [5.74, 6) is -0.848. The largest absolute Gasteiger partial charge is 0.302 e. The fraction of sp³-hybridized carbons (Fsp3) is 0.278. The van der Waals surface area contributed by atoms with E-state index >= 15 is 0 Å². The second-order valence-electron chi connectivity index (χ2n) is 6.17. The van der Waals surface area contributed by atoms with E-state index in [4.69, 9.17) is 0 Å². The molecular formula is C18H15F2N3OS. The first kappa shape index (κ1) is 16.1. The molecule has 2 atom stereocenters. The average Bonchev–Trinajstić information content (AvgIpc) is 3.20. The molecular weight excluding hydrogens is 344 g/mol. The van der Waals surface area contributed by atoms with Crippen molar-refractivity contribution in [2.45, 2.75) is 26.2 Å². The maximum atomic E-state index is 13.0. The van der Waals surface area contributed by atoms with Gasteiger partial charge in [-0.3, -0.25) is 9.78 Å². The Morgan fingerprint density at radius 3 is 2.88 bits per heavy atom. The summed E-state index contributed by atoms with van der Waals surface area (Å²) in [7, 11) is 0. The van der Waals surface area contributed by atoms with Crippen molar-refractivity contribution in [3.8, 4) is 11.1 Å². The minimum atomic E-state index is -1.02. The molecule has 4 nitrogen and oxygen atoms in total. The van der Waals surface area contributed by atoms with Crippen LogP contribution in [0.4, 0.5) is 13.9 Å². The molecule has 7 heteroatoms. The second kappa shape index (κ2) is 6.15. The number of hydrogen-bond donors (Lipinski definition) is 1. The van der Waals surface area contributed by atoms with Crippen molar-refractivity contribution in [1.82, 2.24) is 9.97 Å². The molecule has 0 radical (unpaired) electrons. The minimum absolute atomic E-state index is 0.294. The number of aromatic nitrogens is 2. The van der Waals surface area contributed by atoms with Gasteiger partial charge in [0.05, 0.1) is 21.8 Å². The molecule has 1 saturated carbocycles. The van der Waals surface area contributed by atoms with Gasteiger partial charge in [-0.2, -0.15) is 0 Å². The van der Waals surface area contributed by atoms with Crippen molar-refractivity contribution < 1.29 is 13.6 Å². The Kier molecular flexibility index (Phi) is 3.95. The van der Waals surface area contributed by atoms with E-state index in [1.807, 2.05) is 25.1 Å². The standard InChI is InChI=1S/C18H15F2N3OS/c1-9-4-11(7-19)21-8-13(9)10-2-3-15-16(5-10)25-18(22-15)23-17(24)12-6-14(12)20/h2-5,8,12,14H,6-7H2,1H3,(H,22,23,24)/t12-,14+/m1/s1. The summed E-state index contributed by atoms with van der Waals surface area (Å²) >= 11 is 1.35. The monoisotopic (exact) mass is 359 g/mol. The van der Waals surface area contributed by atoms with Gasteiger partial charge in [0.2, 0.25) is 5.91 Å². The van der Waals surface area contributed by atoms with Crippen LogP contribution in [-0.4, -0.2) is 22.0 Å². The number of halogens is 2. The van der Waals surface area contributed by atoms with Gasteiger partial charge < -0.3 is 5.32 Å². The van der Waals surface area contributed by atoms with Crippen LogP contribution in [0.3, 0.4) is 0 Å². The molecule has 1 amide bonds. The molecule has 2 heterocycles. The van der Waals surface area contributed by atoms with Crippen LogP contribution in [-0.2, 0) is 11.5 Å². The molecule has 1 aliphatic carbocycles. The summed E-state index contributed by atoms with van der Waals surface area (Å²) < 4.78 is 26.6. The topological polar surface area (TPSA) is 54.9 Å². The van der Waals surface area contributed by atoms with Crippen molar-refractivity contribution in [3.63, 3.8) is 0 Å². The number of pyridine rings is 1. The van der Waals surface area contributed by atoms with Gasteiger partial charge in [-0.25, -0.2) is 13.8 Å². The number of hydrogen-bond acceptors (Lipinski definition) is 4. The third kappa shape index (κ3) is 3.11. The Morgan fingerprint density at radius 2 is 2.20 bits per heavy atom. The highest BCUT2D eigenvalue weighted by Gasteiger charge is 2.43. The molecule has 1 aliphatic rings. The number of nitrogens with one attached hydrogen (secondary N) is 1. The zero-order valence-corrected chi connectivity index (χ0v) is 14.2. The molecule has 3 aromatic rings. The van der Waals surface area contributed by atoms with E-state index < -0.39 is 18.8 Å². The lowest BCUT2D eigenvalue weighted by Crippen LogP contribution is -2.14. The van der Waals surface area contributed by atoms with Crippen molar-refractivity contribution in [2.75, 3.05) is 5.32 Å². The van der Waals surface area contributed by atoms with E-state index in [0.717, 1.165) is 26.9 Å². The van der Waals surface area contributed by atoms with E-state index in [9.17, 15) is 13.6 Å². The molecule has 0 aliphatic heterocycles. The molecule has 0 unspecified atom stereocenters. The maximum absolute atomic E-state index is 13.0. The molecule has 0 bridgehead atoms. The van der Waals surface area contributed by atoms with Crippen LogP contribution in [0, 0.1) is 12.8 Å². The minimum Gasteiger partial charge on any atom is -0.302 e. The normalized spacial score (nSPS) is 19.2. The fourth-order valence-electron chi connectivity index (χ4n) is 2.77. The number of alkyl halides is 2. The highest BCUT2D eigenvalue weighted by Crippen LogP contribution is 2.36. The summed E-state index contributed by atoms with van der Waals surface area (Å²) in [6.07, 6.45) is 0.940.